The van der Waals surface area contributed by atoms with Crippen LogP contribution >= 0.6 is 0 Å². The van der Waals surface area contributed by atoms with Crippen molar-refractivity contribution in [3.05, 3.63) is 24.5 Å². The lowest BCUT2D eigenvalue weighted by atomic mass is 10.5. The lowest BCUT2D eigenvalue weighted by Crippen LogP contribution is -2.05. The molecular weight excluding hydrogens is 150 g/mol. The second-order valence-corrected chi connectivity index (χ2v) is 2.68. The Balaban J connectivity index is 2.83. The number of hydrogen-bond acceptors (Lipinski definition) is 2. The lowest BCUT2D eigenvalue weighted by molar-refractivity contribution is 0.823. The highest BCUT2D eigenvalue weighted by Crippen LogP contribution is 2.07. The minimum absolute atomic E-state index is 0.809. The molecule has 1 aromatic rings. The van der Waals surface area contributed by atoms with Gasteiger partial charge in [-0.3, -0.25) is 0 Å². The maximum Gasteiger partial charge on any atom is 0.203 e. The van der Waals surface area contributed by atoms with E-state index in [0.29, 0.717) is 0 Å². The number of anilines is 1. The number of hydrogen-bond donors (Lipinski definition) is 1. The molecule has 0 saturated carbocycles. The largest absolute Gasteiger partial charge is 0.356 e. The Labute approximate surface area is 73.1 Å². The Morgan fingerprint density at radius 3 is 3.08 bits per heavy atom. The van der Waals surface area contributed by atoms with Crippen LogP contribution < -0.4 is 5.32 Å². The van der Waals surface area contributed by atoms with E-state index >= 15 is 0 Å². The van der Waals surface area contributed by atoms with Gasteiger partial charge in [0.25, 0.3) is 0 Å². The van der Waals surface area contributed by atoms with Gasteiger partial charge in [0.2, 0.25) is 5.95 Å². The molecule has 0 atom stereocenters. The summed E-state index contributed by atoms with van der Waals surface area (Å²) in [5, 5.41) is 3.19. The van der Waals surface area contributed by atoms with Gasteiger partial charge >= 0.3 is 0 Å². The van der Waals surface area contributed by atoms with Gasteiger partial charge in [-0.25, -0.2) is 4.98 Å². The molecule has 0 aromatic carbocycles. The molecule has 12 heavy (non-hydrogen) atoms. The predicted molar refractivity (Wildman–Crippen MR) is 51.3 cm³/mol. The number of aryl methyl sites for hydroxylation is 1. The van der Waals surface area contributed by atoms with E-state index in [9.17, 15) is 0 Å². The summed E-state index contributed by atoms with van der Waals surface area (Å²) in [6.45, 7) is 9.44. The van der Waals surface area contributed by atoms with Crippen molar-refractivity contribution in [2.24, 2.45) is 0 Å². The van der Waals surface area contributed by atoms with Gasteiger partial charge in [-0.15, -0.1) is 6.58 Å². The van der Waals surface area contributed by atoms with Gasteiger partial charge in [0.1, 0.15) is 0 Å². The number of rotatable bonds is 4. The average Bonchev–Trinajstić information content (AvgIpc) is 2.33. The predicted octanol–water partition coefficient (Wildman–Crippen LogP) is 1.81. The smallest absolute Gasteiger partial charge is 0.203 e. The summed E-state index contributed by atoms with van der Waals surface area (Å²) in [5.41, 5.74) is 1.04. The zero-order chi connectivity index (χ0) is 8.97. The Kier molecular flexibility index (Phi) is 2.91. The summed E-state index contributed by atoms with van der Waals surface area (Å²) >= 11 is 0. The second-order valence-electron chi connectivity index (χ2n) is 2.68. The molecule has 0 spiro atoms. The van der Waals surface area contributed by atoms with E-state index in [1.54, 1.807) is 0 Å². The lowest BCUT2D eigenvalue weighted by Gasteiger charge is -2.04. The third-order valence-corrected chi connectivity index (χ3v) is 1.56. The summed E-state index contributed by atoms with van der Waals surface area (Å²) in [6, 6.07) is 0. The molecule has 0 radical (unpaired) electrons. The van der Waals surface area contributed by atoms with E-state index < -0.39 is 0 Å². The molecule has 66 valence electrons. The highest BCUT2D eigenvalue weighted by atomic mass is 15.2. The van der Waals surface area contributed by atoms with Crippen LogP contribution in [0, 0.1) is 6.92 Å². The van der Waals surface area contributed by atoms with Crippen molar-refractivity contribution in [3.63, 3.8) is 0 Å². The Morgan fingerprint density at radius 2 is 2.50 bits per heavy atom. The van der Waals surface area contributed by atoms with Crippen molar-refractivity contribution in [1.29, 1.82) is 0 Å². The highest BCUT2D eigenvalue weighted by Gasteiger charge is 2.01. The molecule has 1 N–H and O–H groups in total. The Hall–Kier alpha value is -1.25. The Morgan fingerprint density at radius 1 is 1.75 bits per heavy atom. The van der Waals surface area contributed by atoms with Gasteiger partial charge in [-0.1, -0.05) is 6.08 Å². The van der Waals surface area contributed by atoms with E-state index in [1.165, 1.54) is 0 Å². The molecule has 3 heteroatoms. The molecule has 0 saturated heterocycles. The van der Waals surface area contributed by atoms with Crippen LogP contribution in [-0.2, 0) is 6.54 Å². The second kappa shape index (κ2) is 3.95. The number of nitrogens with zero attached hydrogens (tertiary/aromatic N) is 2. The van der Waals surface area contributed by atoms with Gasteiger partial charge in [0, 0.05) is 19.3 Å². The van der Waals surface area contributed by atoms with Gasteiger partial charge in [-0.2, -0.15) is 0 Å². The molecule has 0 bridgehead atoms. The number of aromatic nitrogens is 2. The molecule has 0 aliphatic heterocycles. The van der Waals surface area contributed by atoms with Crippen molar-refractivity contribution in [3.8, 4) is 0 Å². The molecule has 1 rings (SSSR count). The van der Waals surface area contributed by atoms with Crippen molar-refractivity contribution in [1.82, 2.24) is 9.55 Å². The molecular formula is C9H15N3. The van der Waals surface area contributed by atoms with Gasteiger partial charge in [0.05, 0.1) is 5.69 Å². The first-order valence-corrected chi connectivity index (χ1v) is 4.16. The summed E-state index contributed by atoms with van der Waals surface area (Å²) in [5.74, 6) is 0.926. The normalized spacial score (nSPS) is 9.83. The van der Waals surface area contributed by atoms with Gasteiger partial charge < -0.3 is 9.88 Å². The van der Waals surface area contributed by atoms with E-state index in [2.05, 4.69) is 23.8 Å². The fourth-order valence-electron chi connectivity index (χ4n) is 1.12. The first-order chi connectivity index (χ1) is 5.77. The van der Waals surface area contributed by atoms with Crippen molar-refractivity contribution >= 4 is 5.95 Å². The summed E-state index contributed by atoms with van der Waals surface area (Å²) < 4.78 is 2.05. The number of nitrogens with one attached hydrogen (secondary N) is 1. The third-order valence-electron chi connectivity index (χ3n) is 1.56. The molecule has 0 aliphatic carbocycles. The topological polar surface area (TPSA) is 29.9 Å². The maximum atomic E-state index is 4.32. The number of allylic oxidation sites excluding steroid dienone is 1. The van der Waals surface area contributed by atoms with E-state index in [4.69, 9.17) is 0 Å². The SMILES string of the molecule is C=CCn1cc(C)nc1NCC. The summed E-state index contributed by atoms with van der Waals surface area (Å²) in [7, 11) is 0. The summed E-state index contributed by atoms with van der Waals surface area (Å²) in [6.07, 6.45) is 3.88. The van der Waals surface area contributed by atoms with E-state index in [-0.39, 0.29) is 0 Å². The highest BCUT2D eigenvalue weighted by molar-refractivity contribution is 5.28. The van der Waals surface area contributed by atoms with E-state index in [1.807, 2.05) is 23.8 Å². The molecule has 0 fully saturated rings. The zero-order valence-electron chi connectivity index (χ0n) is 7.67. The van der Waals surface area contributed by atoms with Crippen LogP contribution in [-0.4, -0.2) is 16.1 Å². The maximum absolute atomic E-state index is 4.32. The van der Waals surface area contributed by atoms with Crippen LogP contribution in [0.3, 0.4) is 0 Å². The molecule has 1 aromatic heterocycles. The zero-order valence-corrected chi connectivity index (χ0v) is 7.67. The monoisotopic (exact) mass is 165 g/mol. The van der Waals surface area contributed by atoms with Crippen LogP contribution in [0.15, 0.2) is 18.9 Å². The van der Waals surface area contributed by atoms with Crippen molar-refractivity contribution < 1.29 is 0 Å². The first-order valence-electron chi connectivity index (χ1n) is 4.16. The van der Waals surface area contributed by atoms with Crippen molar-refractivity contribution in [2.75, 3.05) is 11.9 Å². The molecule has 3 nitrogen and oxygen atoms in total. The van der Waals surface area contributed by atoms with Crippen LogP contribution in [0.4, 0.5) is 5.95 Å². The number of imidazole rings is 1. The minimum Gasteiger partial charge on any atom is -0.356 e. The van der Waals surface area contributed by atoms with Crippen LogP contribution in [0.2, 0.25) is 0 Å². The van der Waals surface area contributed by atoms with Crippen LogP contribution in [0.5, 0.6) is 0 Å². The van der Waals surface area contributed by atoms with E-state index in [0.717, 1.165) is 24.7 Å². The van der Waals surface area contributed by atoms with Crippen LogP contribution in [0.25, 0.3) is 0 Å². The van der Waals surface area contributed by atoms with Crippen LogP contribution in [0.1, 0.15) is 12.6 Å². The van der Waals surface area contributed by atoms with Gasteiger partial charge in [-0.05, 0) is 13.8 Å². The summed E-state index contributed by atoms with van der Waals surface area (Å²) in [4.78, 5) is 4.32. The van der Waals surface area contributed by atoms with Gasteiger partial charge in [0.15, 0.2) is 0 Å². The average molecular weight is 165 g/mol. The third kappa shape index (κ3) is 1.87. The standard InChI is InChI=1S/C9H15N3/c1-4-6-12-7-8(3)11-9(12)10-5-2/h4,7H,1,5-6H2,2-3H3,(H,10,11). The molecule has 1 heterocycles. The molecule has 0 unspecified atom stereocenters. The fourth-order valence-corrected chi connectivity index (χ4v) is 1.12. The Bertz CT molecular complexity index is 263. The first kappa shape index (κ1) is 8.84. The quantitative estimate of drug-likeness (QED) is 0.689. The minimum atomic E-state index is 0.809. The fraction of sp³-hybridized carbons (Fsp3) is 0.444. The molecule has 0 amide bonds. The van der Waals surface area contributed by atoms with Crippen molar-refractivity contribution in [2.45, 2.75) is 20.4 Å². The molecule has 0 aliphatic rings.